The average Bonchev–Trinajstić information content (AvgIpc) is 2.55. The van der Waals surface area contributed by atoms with Crippen LogP contribution in [0.4, 0.5) is 0 Å². The fourth-order valence-electron chi connectivity index (χ4n) is 3.38. The molecule has 0 spiro atoms. The predicted octanol–water partition coefficient (Wildman–Crippen LogP) is 4.16. The first kappa shape index (κ1) is 14.2. The number of carbonyl (C=O) groups excluding carboxylic acids is 1. The van der Waals surface area contributed by atoms with Gasteiger partial charge in [0.2, 0.25) is 0 Å². The molecule has 1 heterocycles. The molecule has 1 aliphatic rings. The van der Waals surface area contributed by atoms with Gasteiger partial charge in [0.1, 0.15) is 5.60 Å². The second kappa shape index (κ2) is 5.94. The highest BCUT2D eigenvalue weighted by molar-refractivity contribution is 6.11. The van der Waals surface area contributed by atoms with Crippen LogP contribution in [-0.4, -0.2) is 23.0 Å². The van der Waals surface area contributed by atoms with Crippen molar-refractivity contribution in [3.8, 4) is 0 Å². The minimum Gasteiger partial charge on any atom is -0.367 e. The minimum atomic E-state index is -0.640. The Kier molecular flexibility index (Phi) is 4.02. The highest BCUT2D eigenvalue weighted by Crippen LogP contribution is 2.36. The summed E-state index contributed by atoms with van der Waals surface area (Å²) in [6, 6.07) is 7.92. The van der Waals surface area contributed by atoms with Gasteiger partial charge in [-0.2, -0.15) is 0 Å². The number of aromatic nitrogens is 1. The van der Waals surface area contributed by atoms with Gasteiger partial charge in [-0.05, 0) is 25.2 Å². The predicted molar refractivity (Wildman–Crippen MR) is 83.5 cm³/mol. The van der Waals surface area contributed by atoms with E-state index < -0.39 is 5.60 Å². The van der Waals surface area contributed by atoms with Gasteiger partial charge in [-0.15, -0.1) is 0 Å². The van der Waals surface area contributed by atoms with Gasteiger partial charge in [-0.25, -0.2) is 0 Å². The zero-order valence-corrected chi connectivity index (χ0v) is 12.5. The third-order valence-corrected chi connectivity index (χ3v) is 4.41. The number of rotatable bonds is 4. The van der Waals surface area contributed by atoms with Gasteiger partial charge in [-0.1, -0.05) is 43.5 Å². The van der Waals surface area contributed by atoms with Gasteiger partial charge < -0.3 is 4.74 Å². The molecule has 0 bridgehead atoms. The smallest absolute Gasteiger partial charge is 0.196 e. The molecule has 0 unspecified atom stereocenters. The Labute approximate surface area is 125 Å². The maximum Gasteiger partial charge on any atom is 0.196 e. The number of hydrogen-bond acceptors (Lipinski definition) is 3. The summed E-state index contributed by atoms with van der Waals surface area (Å²) >= 11 is 0. The normalized spacial score (nSPS) is 17.8. The van der Waals surface area contributed by atoms with Crippen LogP contribution < -0.4 is 0 Å². The van der Waals surface area contributed by atoms with Gasteiger partial charge in [0.05, 0.1) is 0 Å². The molecule has 1 saturated carbocycles. The third kappa shape index (κ3) is 2.58. The molecule has 1 aromatic heterocycles. The number of carbonyl (C=O) groups is 1. The van der Waals surface area contributed by atoms with Crippen molar-refractivity contribution < 1.29 is 9.53 Å². The molecular formula is C18H21NO2. The van der Waals surface area contributed by atoms with Crippen molar-refractivity contribution in [3.63, 3.8) is 0 Å². The van der Waals surface area contributed by atoms with Crippen molar-refractivity contribution in [2.75, 3.05) is 6.61 Å². The van der Waals surface area contributed by atoms with Gasteiger partial charge in [0.15, 0.2) is 5.78 Å². The molecule has 2 aromatic rings. The van der Waals surface area contributed by atoms with Crippen LogP contribution >= 0.6 is 0 Å². The Morgan fingerprint density at radius 1 is 1.19 bits per heavy atom. The Bertz CT molecular complexity index is 634. The largest absolute Gasteiger partial charge is 0.367 e. The second-order valence-electron chi connectivity index (χ2n) is 5.73. The van der Waals surface area contributed by atoms with E-state index >= 15 is 0 Å². The van der Waals surface area contributed by atoms with E-state index in [1.807, 2.05) is 31.2 Å². The third-order valence-electron chi connectivity index (χ3n) is 4.41. The van der Waals surface area contributed by atoms with Gasteiger partial charge >= 0.3 is 0 Å². The first-order chi connectivity index (χ1) is 10.3. The molecule has 110 valence electrons. The molecule has 0 radical (unpaired) electrons. The van der Waals surface area contributed by atoms with Crippen molar-refractivity contribution in [2.24, 2.45) is 0 Å². The number of ketones is 1. The number of nitrogens with zero attached hydrogens (tertiary/aromatic N) is 1. The molecule has 0 N–H and O–H groups in total. The molecule has 3 nitrogen and oxygen atoms in total. The van der Waals surface area contributed by atoms with Crippen LogP contribution in [0.2, 0.25) is 0 Å². The van der Waals surface area contributed by atoms with Crippen LogP contribution in [0, 0.1) is 0 Å². The lowest BCUT2D eigenvalue weighted by Crippen LogP contribution is -2.43. The van der Waals surface area contributed by atoms with E-state index in [-0.39, 0.29) is 5.78 Å². The van der Waals surface area contributed by atoms with Gasteiger partial charge in [0.25, 0.3) is 0 Å². The Morgan fingerprint density at radius 2 is 1.95 bits per heavy atom. The maximum absolute atomic E-state index is 13.2. The van der Waals surface area contributed by atoms with E-state index in [0.29, 0.717) is 12.2 Å². The maximum atomic E-state index is 13.2. The quantitative estimate of drug-likeness (QED) is 0.791. The number of ether oxygens (including phenoxy) is 1. The topological polar surface area (TPSA) is 39.2 Å². The fraction of sp³-hybridized carbons (Fsp3) is 0.444. The monoisotopic (exact) mass is 283 g/mol. The number of Topliss-reactive ketones (excluding diaryl/α,β-unsaturated/α-hetero) is 1. The Balaban J connectivity index is 2.06. The molecule has 0 amide bonds. The molecule has 3 rings (SSSR count). The van der Waals surface area contributed by atoms with E-state index in [4.69, 9.17) is 4.74 Å². The van der Waals surface area contributed by atoms with Crippen LogP contribution in [0.1, 0.15) is 49.4 Å². The summed E-state index contributed by atoms with van der Waals surface area (Å²) in [6.07, 6.45) is 8.45. The van der Waals surface area contributed by atoms with E-state index in [1.54, 1.807) is 12.4 Å². The van der Waals surface area contributed by atoms with Gasteiger partial charge in [-0.3, -0.25) is 9.78 Å². The van der Waals surface area contributed by atoms with Crippen molar-refractivity contribution in [2.45, 2.75) is 44.6 Å². The molecule has 0 saturated heterocycles. The van der Waals surface area contributed by atoms with Crippen LogP contribution in [0.3, 0.4) is 0 Å². The minimum absolute atomic E-state index is 0.105. The number of fused-ring (bicyclic) bond motifs is 1. The molecule has 1 fully saturated rings. The van der Waals surface area contributed by atoms with Crippen molar-refractivity contribution in [1.82, 2.24) is 4.98 Å². The van der Waals surface area contributed by atoms with E-state index in [1.165, 1.54) is 6.42 Å². The van der Waals surface area contributed by atoms with Crippen molar-refractivity contribution in [1.29, 1.82) is 0 Å². The summed E-state index contributed by atoms with van der Waals surface area (Å²) in [5, 5.41) is 1.98. The number of pyridine rings is 1. The summed E-state index contributed by atoms with van der Waals surface area (Å²) in [5.41, 5.74) is 0.0576. The number of hydrogen-bond donors (Lipinski definition) is 0. The highest BCUT2D eigenvalue weighted by Gasteiger charge is 2.41. The summed E-state index contributed by atoms with van der Waals surface area (Å²) in [5.74, 6) is 0.105. The zero-order valence-electron chi connectivity index (χ0n) is 12.5. The first-order valence-electron chi connectivity index (χ1n) is 7.78. The average molecular weight is 283 g/mol. The lowest BCUT2D eigenvalue weighted by molar-refractivity contribution is -0.0410. The molecule has 1 aromatic carbocycles. The first-order valence-corrected chi connectivity index (χ1v) is 7.78. The van der Waals surface area contributed by atoms with Crippen LogP contribution in [-0.2, 0) is 4.74 Å². The molecular weight excluding hydrogens is 262 g/mol. The van der Waals surface area contributed by atoms with E-state index in [2.05, 4.69) is 4.98 Å². The second-order valence-corrected chi connectivity index (χ2v) is 5.73. The summed E-state index contributed by atoms with van der Waals surface area (Å²) < 4.78 is 5.96. The molecule has 3 heteroatoms. The van der Waals surface area contributed by atoms with E-state index in [0.717, 1.165) is 36.5 Å². The van der Waals surface area contributed by atoms with E-state index in [9.17, 15) is 4.79 Å². The fourth-order valence-corrected chi connectivity index (χ4v) is 3.38. The Hall–Kier alpha value is -1.74. The number of benzene rings is 1. The standard InChI is InChI=1S/C18H21NO2/c1-2-21-18(10-6-3-7-11-18)17(20)16-13-19-12-14-8-4-5-9-15(14)16/h4-5,8-9,12-13H,2-3,6-7,10-11H2,1H3. The molecule has 0 atom stereocenters. The highest BCUT2D eigenvalue weighted by atomic mass is 16.5. The lowest BCUT2D eigenvalue weighted by Gasteiger charge is -2.35. The zero-order chi connectivity index (χ0) is 14.7. The summed E-state index contributed by atoms with van der Waals surface area (Å²) in [6.45, 7) is 2.54. The SMILES string of the molecule is CCOC1(C(=O)c2cncc3ccccc23)CCCCC1. The lowest BCUT2D eigenvalue weighted by atomic mass is 9.79. The molecule has 0 aliphatic heterocycles. The van der Waals surface area contributed by atoms with Crippen LogP contribution in [0.15, 0.2) is 36.7 Å². The summed E-state index contributed by atoms with van der Waals surface area (Å²) in [4.78, 5) is 17.4. The van der Waals surface area contributed by atoms with Crippen molar-refractivity contribution >= 4 is 16.6 Å². The summed E-state index contributed by atoms with van der Waals surface area (Å²) in [7, 11) is 0. The molecule has 1 aliphatic carbocycles. The van der Waals surface area contributed by atoms with Crippen molar-refractivity contribution in [3.05, 3.63) is 42.2 Å². The Morgan fingerprint density at radius 3 is 2.71 bits per heavy atom. The van der Waals surface area contributed by atoms with Gasteiger partial charge in [0, 0.05) is 30.0 Å². The molecule has 21 heavy (non-hydrogen) atoms. The van der Waals surface area contributed by atoms with Crippen LogP contribution in [0.5, 0.6) is 0 Å². The van der Waals surface area contributed by atoms with Crippen LogP contribution in [0.25, 0.3) is 10.8 Å².